The van der Waals surface area contributed by atoms with Crippen molar-refractivity contribution in [1.29, 1.82) is 0 Å². The van der Waals surface area contributed by atoms with E-state index in [4.69, 9.17) is 18.7 Å². The van der Waals surface area contributed by atoms with Gasteiger partial charge in [0.2, 0.25) is 5.91 Å². The maximum Gasteiger partial charge on any atom is 0.337 e. The van der Waals surface area contributed by atoms with Crippen LogP contribution in [0, 0.1) is 13.8 Å². The second-order valence-electron chi connectivity index (χ2n) is 12.5. The first-order chi connectivity index (χ1) is 22.8. The standard InChI is InChI=1S/C37H46N2O7S/c1-25-35(26(2)46-38-25)23-47-24-36(41)39-30-13-14-31(39)22-29(21-30)34-9-5-4-7-27(34)10-15-32(40)8-6-18-44-19-20-45-33-16-11-28(12-17-33)37(42)43-3/h4-5,7,9,11-12,16-17,29-31H,6,8,10,13-15,18-24H2,1-3H3. The van der Waals surface area contributed by atoms with Crippen LogP contribution in [0.4, 0.5) is 0 Å². The fraction of sp³-hybridized carbons (Fsp3) is 0.514. The first-order valence-corrected chi connectivity index (χ1v) is 17.8. The summed E-state index contributed by atoms with van der Waals surface area (Å²) in [6, 6.07) is 15.9. The van der Waals surface area contributed by atoms with Gasteiger partial charge < -0.3 is 23.6 Å². The minimum atomic E-state index is -0.382. The third kappa shape index (κ3) is 9.26. The third-order valence-electron chi connectivity index (χ3n) is 9.36. The van der Waals surface area contributed by atoms with Gasteiger partial charge in [0, 0.05) is 42.8 Å². The number of hydrogen-bond donors (Lipinski definition) is 0. The number of aryl methyl sites for hydroxylation is 3. The van der Waals surface area contributed by atoms with Gasteiger partial charge >= 0.3 is 5.97 Å². The number of fused-ring (bicyclic) bond motifs is 2. The summed E-state index contributed by atoms with van der Waals surface area (Å²) in [7, 11) is 1.35. The molecule has 0 radical (unpaired) electrons. The summed E-state index contributed by atoms with van der Waals surface area (Å²) in [4.78, 5) is 39.7. The van der Waals surface area contributed by atoms with E-state index >= 15 is 0 Å². The quantitative estimate of drug-likeness (QED) is 0.116. The van der Waals surface area contributed by atoms with Gasteiger partial charge in [-0.25, -0.2) is 4.79 Å². The minimum absolute atomic E-state index is 0.245. The second-order valence-corrected chi connectivity index (χ2v) is 13.5. The Morgan fingerprint density at radius 1 is 0.957 bits per heavy atom. The molecule has 2 atom stereocenters. The number of hydrogen-bond acceptors (Lipinski definition) is 9. The lowest BCUT2D eigenvalue weighted by Gasteiger charge is -2.40. The molecule has 10 heteroatoms. The van der Waals surface area contributed by atoms with E-state index in [1.807, 2.05) is 13.8 Å². The fourth-order valence-electron chi connectivity index (χ4n) is 6.92. The molecule has 2 saturated heterocycles. The zero-order valence-electron chi connectivity index (χ0n) is 27.7. The van der Waals surface area contributed by atoms with Crippen LogP contribution in [0.1, 0.15) is 89.4 Å². The lowest BCUT2D eigenvalue weighted by Crippen LogP contribution is -2.47. The van der Waals surface area contributed by atoms with E-state index < -0.39 is 0 Å². The third-order valence-corrected chi connectivity index (χ3v) is 10.3. The van der Waals surface area contributed by atoms with Gasteiger partial charge in [-0.1, -0.05) is 29.4 Å². The predicted octanol–water partition coefficient (Wildman–Crippen LogP) is 6.63. The van der Waals surface area contributed by atoms with Crippen LogP contribution in [0.3, 0.4) is 0 Å². The molecule has 252 valence electrons. The van der Waals surface area contributed by atoms with Gasteiger partial charge in [-0.2, -0.15) is 0 Å². The molecule has 0 spiro atoms. The molecule has 3 heterocycles. The predicted molar refractivity (Wildman–Crippen MR) is 181 cm³/mol. The van der Waals surface area contributed by atoms with Crippen LogP contribution in [-0.2, 0) is 31.2 Å². The molecule has 9 nitrogen and oxygen atoms in total. The Morgan fingerprint density at radius 2 is 1.70 bits per heavy atom. The van der Waals surface area contributed by atoms with Crippen LogP contribution in [0.2, 0.25) is 0 Å². The highest BCUT2D eigenvalue weighted by atomic mass is 32.2. The van der Waals surface area contributed by atoms with Crippen LogP contribution >= 0.6 is 11.8 Å². The maximum atomic E-state index is 13.3. The van der Waals surface area contributed by atoms with Crippen molar-refractivity contribution in [3.05, 3.63) is 82.2 Å². The van der Waals surface area contributed by atoms with E-state index in [2.05, 4.69) is 34.3 Å². The number of carbonyl (C=O) groups is 3. The molecule has 2 fully saturated rings. The molecule has 2 aromatic carbocycles. The molecule has 2 bridgehead atoms. The van der Waals surface area contributed by atoms with Gasteiger partial charge in [-0.3, -0.25) is 9.59 Å². The van der Waals surface area contributed by atoms with Crippen molar-refractivity contribution in [2.24, 2.45) is 0 Å². The summed E-state index contributed by atoms with van der Waals surface area (Å²) >= 11 is 1.64. The Kier molecular flexibility index (Phi) is 12.5. The largest absolute Gasteiger partial charge is 0.491 e. The molecule has 0 saturated carbocycles. The van der Waals surface area contributed by atoms with Crippen molar-refractivity contribution in [2.75, 3.05) is 32.7 Å². The molecule has 1 amide bonds. The van der Waals surface area contributed by atoms with E-state index in [0.29, 0.717) is 62.1 Å². The van der Waals surface area contributed by atoms with Gasteiger partial charge in [-0.15, -0.1) is 11.8 Å². The minimum Gasteiger partial charge on any atom is -0.491 e. The van der Waals surface area contributed by atoms with E-state index in [1.165, 1.54) is 18.2 Å². The smallest absolute Gasteiger partial charge is 0.337 e. The number of methoxy groups -OCH3 is 1. The first-order valence-electron chi connectivity index (χ1n) is 16.6. The van der Waals surface area contributed by atoms with Crippen molar-refractivity contribution in [1.82, 2.24) is 10.1 Å². The number of nitrogens with zero attached hydrogens (tertiary/aromatic N) is 2. The van der Waals surface area contributed by atoms with Crippen molar-refractivity contribution in [2.45, 2.75) is 89.0 Å². The Labute approximate surface area is 281 Å². The molecule has 5 rings (SSSR count). The molecule has 47 heavy (non-hydrogen) atoms. The Balaban J connectivity index is 0.998. The van der Waals surface area contributed by atoms with Gasteiger partial charge in [-0.05, 0) is 93.7 Å². The zero-order valence-corrected chi connectivity index (χ0v) is 28.5. The van der Waals surface area contributed by atoms with E-state index in [0.717, 1.165) is 54.9 Å². The van der Waals surface area contributed by atoms with Crippen molar-refractivity contribution in [3.63, 3.8) is 0 Å². The summed E-state index contributed by atoms with van der Waals surface area (Å²) in [5.41, 5.74) is 5.07. The summed E-state index contributed by atoms with van der Waals surface area (Å²) in [5, 5.41) is 4.03. The number of rotatable bonds is 17. The van der Waals surface area contributed by atoms with Crippen LogP contribution in [0.25, 0.3) is 0 Å². The lowest BCUT2D eigenvalue weighted by atomic mass is 9.82. The van der Waals surface area contributed by atoms with Gasteiger partial charge in [0.05, 0.1) is 30.7 Å². The second kappa shape index (κ2) is 17.0. The molecule has 2 unspecified atom stereocenters. The lowest BCUT2D eigenvalue weighted by molar-refractivity contribution is -0.132. The molecule has 3 aromatic rings. The number of benzene rings is 2. The van der Waals surface area contributed by atoms with Crippen molar-refractivity contribution < 1.29 is 33.1 Å². The molecule has 1 aromatic heterocycles. The summed E-state index contributed by atoms with van der Waals surface area (Å²) in [6.07, 6.45) is 6.56. The van der Waals surface area contributed by atoms with Crippen LogP contribution < -0.4 is 4.74 Å². The number of aromatic nitrogens is 1. The number of thioether (sulfide) groups is 1. The number of carbonyl (C=O) groups excluding carboxylic acids is 3. The van der Waals surface area contributed by atoms with Gasteiger partial charge in [0.25, 0.3) is 0 Å². The first kappa shape index (κ1) is 34.7. The van der Waals surface area contributed by atoms with E-state index in [-0.39, 0.29) is 29.7 Å². The average molecular weight is 663 g/mol. The average Bonchev–Trinajstić information content (AvgIpc) is 3.55. The molecule has 0 N–H and O–H groups in total. The number of ether oxygens (including phenoxy) is 3. The zero-order chi connectivity index (χ0) is 33.2. The highest BCUT2D eigenvalue weighted by Gasteiger charge is 2.43. The Hall–Kier alpha value is -3.63. The number of piperidine rings is 1. The van der Waals surface area contributed by atoms with E-state index in [1.54, 1.807) is 36.0 Å². The molecule has 2 aliphatic rings. The van der Waals surface area contributed by atoms with Crippen LogP contribution in [-0.4, -0.2) is 72.5 Å². The van der Waals surface area contributed by atoms with Crippen LogP contribution in [0.5, 0.6) is 5.75 Å². The summed E-state index contributed by atoms with van der Waals surface area (Å²) in [5.74, 6) is 3.24. The molecule has 2 aliphatic heterocycles. The normalized spacial score (nSPS) is 18.7. The molecule has 0 aliphatic carbocycles. The summed E-state index contributed by atoms with van der Waals surface area (Å²) in [6.45, 7) is 5.19. The molecular formula is C37H46N2O7S. The van der Waals surface area contributed by atoms with Crippen LogP contribution in [0.15, 0.2) is 53.1 Å². The Bertz CT molecular complexity index is 1470. The van der Waals surface area contributed by atoms with Gasteiger partial charge in [0.15, 0.2) is 0 Å². The topological polar surface area (TPSA) is 108 Å². The number of amides is 1. The Morgan fingerprint density at radius 3 is 2.40 bits per heavy atom. The maximum absolute atomic E-state index is 13.3. The van der Waals surface area contributed by atoms with E-state index in [9.17, 15) is 14.4 Å². The highest BCUT2D eigenvalue weighted by molar-refractivity contribution is 7.99. The number of esters is 1. The van der Waals surface area contributed by atoms with Crippen molar-refractivity contribution in [3.8, 4) is 5.75 Å². The highest BCUT2D eigenvalue weighted by Crippen LogP contribution is 2.44. The SMILES string of the molecule is COC(=O)c1ccc(OCCOCCCC(=O)CCc2ccccc2C2CC3CCC(C2)N3C(=O)CSCc2c(C)noc2C)cc1. The van der Waals surface area contributed by atoms with Gasteiger partial charge in [0.1, 0.15) is 23.9 Å². The summed E-state index contributed by atoms with van der Waals surface area (Å²) < 4.78 is 21.3. The van der Waals surface area contributed by atoms with Crippen molar-refractivity contribution >= 4 is 29.4 Å². The monoisotopic (exact) mass is 662 g/mol. The fourth-order valence-corrected chi connectivity index (χ4v) is 7.96. The number of Topliss-reactive ketones (excluding diaryl/α,β-unsaturated/α-hetero) is 1. The molecular weight excluding hydrogens is 616 g/mol. The number of ketones is 1.